The molecule has 0 atom stereocenters. The summed E-state index contributed by atoms with van der Waals surface area (Å²) in [5.41, 5.74) is 5.09. The van der Waals surface area contributed by atoms with Gasteiger partial charge in [0.25, 0.3) is 0 Å². The first-order chi connectivity index (χ1) is 9.56. The minimum absolute atomic E-state index is 0.251. The summed E-state index contributed by atoms with van der Waals surface area (Å²) in [5.74, 6) is 0.714. The number of nitrogens with one attached hydrogen (secondary N) is 1. The fraction of sp³-hybridized carbons (Fsp3) is 0.375. The number of rotatable bonds is 2. The van der Waals surface area contributed by atoms with E-state index in [4.69, 9.17) is 4.98 Å². The second-order valence-electron chi connectivity index (χ2n) is 5.58. The lowest BCUT2D eigenvalue weighted by molar-refractivity contribution is 0.627. The van der Waals surface area contributed by atoms with Crippen molar-refractivity contribution in [2.24, 2.45) is 0 Å². The summed E-state index contributed by atoms with van der Waals surface area (Å²) in [7, 11) is 0. The van der Waals surface area contributed by atoms with Crippen molar-refractivity contribution in [3.63, 3.8) is 0 Å². The maximum Gasteiger partial charge on any atom is 0.160 e. The van der Waals surface area contributed by atoms with Gasteiger partial charge in [0.1, 0.15) is 5.82 Å². The van der Waals surface area contributed by atoms with Gasteiger partial charge in [-0.25, -0.2) is 14.4 Å². The molecule has 1 N–H and O–H groups in total. The van der Waals surface area contributed by atoms with Crippen LogP contribution < -0.4 is 5.32 Å². The zero-order valence-corrected chi connectivity index (χ0v) is 12.0. The maximum absolute atomic E-state index is 13.5. The highest BCUT2D eigenvalue weighted by Gasteiger charge is 2.21. The van der Waals surface area contributed by atoms with Crippen LogP contribution in [-0.4, -0.2) is 9.97 Å². The molecule has 0 saturated heterocycles. The van der Waals surface area contributed by atoms with Crippen LogP contribution in [0.2, 0.25) is 0 Å². The standard InChI is InChI=1S/C16H18FN3/c1-9(2)15-13-7-18-8-14(13)19-16(20-15)12-6-11(17)5-4-10(12)3/h4-6,9,18H,7-8H2,1-3H3. The molecule has 0 radical (unpaired) electrons. The SMILES string of the molecule is Cc1ccc(F)cc1-c1nc2c(c(C(C)C)n1)CNC2. The van der Waals surface area contributed by atoms with Crippen molar-refractivity contribution in [2.45, 2.75) is 39.8 Å². The summed E-state index contributed by atoms with van der Waals surface area (Å²) < 4.78 is 13.5. The van der Waals surface area contributed by atoms with E-state index in [0.29, 0.717) is 11.7 Å². The lowest BCUT2D eigenvalue weighted by atomic mass is 10.0. The Labute approximate surface area is 118 Å². The molecule has 1 aliphatic rings. The highest BCUT2D eigenvalue weighted by atomic mass is 19.1. The fourth-order valence-electron chi connectivity index (χ4n) is 2.63. The van der Waals surface area contributed by atoms with E-state index < -0.39 is 0 Å². The number of hydrogen-bond acceptors (Lipinski definition) is 3. The Bertz CT molecular complexity index is 665. The number of hydrogen-bond donors (Lipinski definition) is 1. The molecule has 0 amide bonds. The second-order valence-corrected chi connectivity index (χ2v) is 5.58. The quantitative estimate of drug-likeness (QED) is 0.910. The van der Waals surface area contributed by atoms with E-state index in [1.807, 2.05) is 6.92 Å². The Morgan fingerprint density at radius 2 is 2.00 bits per heavy atom. The molecule has 0 fully saturated rings. The van der Waals surface area contributed by atoms with Crippen molar-refractivity contribution in [1.82, 2.24) is 15.3 Å². The topological polar surface area (TPSA) is 37.8 Å². The number of aromatic nitrogens is 2. The van der Waals surface area contributed by atoms with Gasteiger partial charge in [0, 0.05) is 24.2 Å². The first kappa shape index (κ1) is 13.2. The van der Waals surface area contributed by atoms with Gasteiger partial charge in [-0.05, 0) is 30.5 Å². The van der Waals surface area contributed by atoms with Gasteiger partial charge in [-0.1, -0.05) is 19.9 Å². The second kappa shape index (κ2) is 4.94. The van der Waals surface area contributed by atoms with Crippen LogP contribution in [0.3, 0.4) is 0 Å². The first-order valence-electron chi connectivity index (χ1n) is 6.93. The molecule has 3 rings (SSSR count). The van der Waals surface area contributed by atoms with Crippen LogP contribution in [0.1, 0.15) is 42.3 Å². The average molecular weight is 271 g/mol. The smallest absolute Gasteiger partial charge is 0.160 e. The molecule has 3 nitrogen and oxygen atoms in total. The molecule has 0 saturated carbocycles. The zero-order valence-electron chi connectivity index (χ0n) is 12.0. The van der Waals surface area contributed by atoms with Gasteiger partial charge in [-0.2, -0.15) is 0 Å². The third-order valence-corrected chi connectivity index (χ3v) is 3.71. The molecular weight excluding hydrogens is 253 g/mol. The lowest BCUT2D eigenvalue weighted by Crippen LogP contribution is -2.06. The predicted octanol–water partition coefficient (Wildman–Crippen LogP) is 3.32. The monoisotopic (exact) mass is 271 g/mol. The van der Waals surface area contributed by atoms with Crippen LogP contribution in [0.15, 0.2) is 18.2 Å². The molecule has 2 heterocycles. The third-order valence-electron chi connectivity index (χ3n) is 3.71. The van der Waals surface area contributed by atoms with E-state index in [-0.39, 0.29) is 5.82 Å². The van der Waals surface area contributed by atoms with Gasteiger partial charge < -0.3 is 5.32 Å². The van der Waals surface area contributed by atoms with E-state index in [1.165, 1.54) is 17.7 Å². The Balaban J connectivity index is 2.20. The predicted molar refractivity (Wildman–Crippen MR) is 76.8 cm³/mol. The molecule has 1 aliphatic heterocycles. The molecule has 4 heteroatoms. The number of nitrogens with zero attached hydrogens (tertiary/aromatic N) is 2. The van der Waals surface area contributed by atoms with Gasteiger partial charge >= 0.3 is 0 Å². The zero-order chi connectivity index (χ0) is 14.3. The molecule has 104 valence electrons. The summed E-state index contributed by atoms with van der Waals surface area (Å²) in [4.78, 5) is 9.33. The Kier molecular flexibility index (Phi) is 3.26. The van der Waals surface area contributed by atoms with Crippen molar-refractivity contribution in [3.05, 3.63) is 46.5 Å². The summed E-state index contributed by atoms with van der Waals surface area (Å²) in [6.45, 7) is 7.80. The van der Waals surface area contributed by atoms with E-state index in [1.54, 1.807) is 6.07 Å². The van der Waals surface area contributed by atoms with Crippen LogP contribution in [0.25, 0.3) is 11.4 Å². The van der Waals surface area contributed by atoms with Gasteiger partial charge in [-0.15, -0.1) is 0 Å². The van der Waals surface area contributed by atoms with Crippen molar-refractivity contribution >= 4 is 0 Å². The summed E-state index contributed by atoms with van der Waals surface area (Å²) in [5, 5.41) is 3.31. The number of benzene rings is 1. The molecular formula is C16H18FN3. The van der Waals surface area contributed by atoms with E-state index in [0.717, 1.165) is 35.6 Å². The van der Waals surface area contributed by atoms with E-state index in [9.17, 15) is 4.39 Å². The van der Waals surface area contributed by atoms with E-state index in [2.05, 4.69) is 24.1 Å². The average Bonchev–Trinajstić information content (AvgIpc) is 2.88. The number of fused-ring (bicyclic) bond motifs is 1. The molecule has 0 unspecified atom stereocenters. The van der Waals surface area contributed by atoms with Crippen molar-refractivity contribution in [3.8, 4) is 11.4 Å². The van der Waals surface area contributed by atoms with Crippen LogP contribution in [0.4, 0.5) is 4.39 Å². The summed E-state index contributed by atoms with van der Waals surface area (Å²) in [6.07, 6.45) is 0. The maximum atomic E-state index is 13.5. The largest absolute Gasteiger partial charge is 0.307 e. The van der Waals surface area contributed by atoms with Gasteiger partial charge in [0.05, 0.1) is 11.4 Å². The molecule has 1 aromatic carbocycles. The van der Waals surface area contributed by atoms with Crippen LogP contribution in [-0.2, 0) is 13.1 Å². The van der Waals surface area contributed by atoms with Crippen molar-refractivity contribution in [2.75, 3.05) is 0 Å². The minimum atomic E-state index is -0.251. The molecule has 1 aromatic heterocycles. The molecule has 2 aromatic rings. The Morgan fingerprint density at radius 3 is 2.75 bits per heavy atom. The van der Waals surface area contributed by atoms with Gasteiger partial charge in [-0.3, -0.25) is 0 Å². The third kappa shape index (κ3) is 2.20. The molecule has 0 bridgehead atoms. The van der Waals surface area contributed by atoms with E-state index >= 15 is 0 Å². The molecule has 0 spiro atoms. The summed E-state index contributed by atoms with van der Waals surface area (Å²) in [6, 6.07) is 4.76. The molecule has 20 heavy (non-hydrogen) atoms. The van der Waals surface area contributed by atoms with Crippen LogP contribution in [0.5, 0.6) is 0 Å². The highest BCUT2D eigenvalue weighted by Crippen LogP contribution is 2.28. The molecule has 0 aliphatic carbocycles. The normalized spacial score (nSPS) is 13.8. The van der Waals surface area contributed by atoms with Gasteiger partial charge in [0.15, 0.2) is 5.82 Å². The van der Waals surface area contributed by atoms with Gasteiger partial charge in [0.2, 0.25) is 0 Å². The Morgan fingerprint density at radius 1 is 1.20 bits per heavy atom. The lowest BCUT2D eigenvalue weighted by Gasteiger charge is -2.13. The number of aryl methyl sites for hydroxylation is 1. The van der Waals surface area contributed by atoms with Crippen molar-refractivity contribution < 1.29 is 4.39 Å². The number of halogens is 1. The van der Waals surface area contributed by atoms with Crippen molar-refractivity contribution in [1.29, 1.82) is 0 Å². The highest BCUT2D eigenvalue weighted by molar-refractivity contribution is 5.61. The van der Waals surface area contributed by atoms with Crippen LogP contribution in [0, 0.1) is 12.7 Å². The summed E-state index contributed by atoms with van der Waals surface area (Å²) >= 11 is 0. The fourth-order valence-corrected chi connectivity index (χ4v) is 2.63. The first-order valence-corrected chi connectivity index (χ1v) is 6.93. The van der Waals surface area contributed by atoms with Crippen LogP contribution >= 0.6 is 0 Å². The Hall–Kier alpha value is -1.81. The minimum Gasteiger partial charge on any atom is -0.307 e.